The summed E-state index contributed by atoms with van der Waals surface area (Å²) in [6, 6.07) is 13.0. The Morgan fingerprint density at radius 3 is 2.50 bits per heavy atom. The van der Waals surface area contributed by atoms with Crippen molar-refractivity contribution in [1.82, 2.24) is 14.6 Å². The van der Waals surface area contributed by atoms with Crippen molar-refractivity contribution >= 4 is 38.1 Å². The molecule has 2 aromatic carbocycles. The predicted octanol–water partition coefficient (Wildman–Crippen LogP) is 5.37. The monoisotopic (exact) mass is 687 g/mol. The van der Waals surface area contributed by atoms with Gasteiger partial charge in [0, 0.05) is 36.3 Å². The topological polar surface area (TPSA) is 131 Å². The van der Waals surface area contributed by atoms with Gasteiger partial charge in [-0.1, -0.05) is 17.1 Å². The quantitative estimate of drug-likeness (QED) is 0.149. The Balaban J connectivity index is 1.36. The van der Waals surface area contributed by atoms with Crippen LogP contribution in [0, 0.1) is 18.8 Å². The van der Waals surface area contributed by atoms with E-state index >= 15 is 0 Å². The number of halogens is 3. The molecule has 48 heavy (non-hydrogen) atoms. The summed E-state index contributed by atoms with van der Waals surface area (Å²) in [5.41, 5.74) is 8.16. The molecule has 4 N–H and O–H groups in total. The first-order valence-corrected chi connectivity index (χ1v) is 16.8. The smallest absolute Gasteiger partial charge is 0.406 e. The number of nitrogens with zero attached hydrogens (tertiary/aromatic N) is 4. The van der Waals surface area contributed by atoms with Crippen LogP contribution in [-0.4, -0.2) is 75.7 Å². The number of nitrogens with two attached hydrogens (primary N) is 1. The lowest BCUT2D eigenvalue weighted by Gasteiger charge is -2.44. The molecule has 0 amide bonds. The van der Waals surface area contributed by atoms with Crippen LogP contribution in [0.2, 0.25) is 0 Å². The average Bonchev–Trinajstić information content (AvgIpc) is 3.59. The largest absolute Gasteiger partial charge is 0.495 e. The molecule has 1 aliphatic carbocycles. The first-order chi connectivity index (χ1) is 22.6. The Bertz CT molecular complexity index is 1940. The summed E-state index contributed by atoms with van der Waals surface area (Å²) in [7, 11) is 3.34. The lowest BCUT2D eigenvalue weighted by atomic mass is 9.84. The molecule has 0 radical (unpaired) electrons. The molecule has 0 unspecified atom stereocenters. The molecule has 1 saturated carbocycles. The minimum Gasteiger partial charge on any atom is -0.495 e. The molecule has 15 heteroatoms. The number of rotatable bonds is 10. The van der Waals surface area contributed by atoms with Gasteiger partial charge in [-0.15, -0.1) is 0 Å². The lowest BCUT2D eigenvalue weighted by molar-refractivity contribution is -0.140. The summed E-state index contributed by atoms with van der Waals surface area (Å²) in [4.78, 5) is 4.13. The van der Waals surface area contributed by atoms with E-state index in [2.05, 4.69) is 36.8 Å². The van der Waals surface area contributed by atoms with Crippen LogP contribution < -0.4 is 25.4 Å². The van der Waals surface area contributed by atoms with Gasteiger partial charge in [-0.25, -0.2) is 8.42 Å². The van der Waals surface area contributed by atoms with Crippen LogP contribution in [0.25, 0.3) is 10.9 Å². The van der Waals surface area contributed by atoms with Gasteiger partial charge in [0.2, 0.25) is 0 Å². The van der Waals surface area contributed by atoms with Gasteiger partial charge in [0.25, 0.3) is 10.0 Å². The number of aromatic nitrogens is 2. The Kier molecular flexibility index (Phi) is 9.91. The molecular weight excluding hydrogens is 647 g/mol. The molecule has 0 spiro atoms. The van der Waals surface area contributed by atoms with Gasteiger partial charge in [0.15, 0.2) is 5.82 Å². The second-order valence-corrected chi connectivity index (χ2v) is 13.9. The molecule has 11 nitrogen and oxygen atoms in total. The number of methoxy groups -OCH3 is 1. The summed E-state index contributed by atoms with van der Waals surface area (Å²) < 4.78 is 80.8. The minimum atomic E-state index is -4.46. The zero-order valence-corrected chi connectivity index (χ0v) is 28.3. The second kappa shape index (κ2) is 13.6. The highest BCUT2D eigenvalue weighted by molar-refractivity contribution is 7.92. The number of hydrogen-bond donors (Lipinski definition) is 3. The van der Waals surface area contributed by atoms with Crippen LogP contribution in [0.1, 0.15) is 37.1 Å². The van der Waals surface area contributed by atoms with Crippen molar-refractivity contribution in [3.8, 4) is 17.6 Å². The third-order valence-corrected chi connectivity index (χ3v) is 10.2. The van der Waals surface area contributed by atoms with Gasteiger partial charge in [-0.3, -0.25) is 9.62 Å². The normalized spacial score (nSPS) is 18.4. The molecule has 0 aliphatic heterocycles. The number of alkyl halides is 3. The number of ether oxygens (including phenoxy) is 1. The zero-order chi connectivity index (χ0) is 34.9. The summed E-state index contributed by atoms with van der Waals surface area (Å²) in [6.07, 6.45) is -1.12. The van der Waals surface area contributed by atoms with Crippen LogP contribution in [-0.2, 0) is 16.6 Å². The van der Waals surface area contributed by atoms with Crippen molar-refractivity contribution < 1.29 is 30.8 Å². The third kappa shape index (κ3) is 7.67. The maximum atomic E-state index is 13.8. The molecule has 1 aliphatic rings. The highest BCUT2D eigenvalue weighted by Crippen LogP contribution is 2.37. The summed E-state index contributed by atoms with van der Waals surface area (Å²) >= 11 is 0. The molecule has 1 fully saturated rings. The number of aryl methyl sites for hydroxylation is 1. The van der Waals surface area contributed by atoms with Gasteiger partial charge in [-0.2, -0.15) is 13.2 Å². The zero-order valence-electron chi connectivity index (χ0n) is 27.5. The van der Waals surface area contributed by atoms with Gasteiger partial charge in [0.05, 0.1) is 41.1 Å². The number of anilines is 3. The van der Waals surface area contributed by atoms with Crippen LogP contribution in [0.15, 0.2) is 57.9 Å². The van der Waals surface area contributed by atoms with Crippen molar-refractivity contribution in [3.63, 3.8) is 0 Å². The Morgan fingerprint density at radius 1 is 1.15 bits per heavy atom. The average molecular weight is 688 g/mol. The van der Waals surface area contributed by atoms with E-state index in [1.54, 1.807) is 25.1 Å². The van der Waals surface area contributed by atoms with E-state index in [-0.39, 0.29) is 40.4 Å². The maximum absolute atomic E-state index is 13.8. The van der Waals surface area contributed by atoms with E-state index in [0.29, 0.717) is 22.4 Å². The van der Waals surface area contributed by atoms with Crippen LogP contribution in [0.4, 0.5) is 30.4 Å². The molecule has 258 valence electrons. The first-order valence-electron chi connectivity index (χ1n) is 15.4. The summed E-state index contributed by atoms with van der Waals surface area (Å²) in [5, 5.41) is 7.40. The Morgan fingerprint density at radius 2 is 1.88 bits per heavy atom. The van der Waals surface area contributed by atoms with Crippen LogP contribution >= 0.6 is 0 Å². The van der Waals surface area contributed by atoms with E-state index in [1.807, 2.05) is 27.2 Å². The maximum Gasteiger partial charge on any atom is 0.406 e. The van der Waals surface area contributed by atoms with Crippen LogP contribution in [0.5, 0.6) is 5.75 Å². The molecule has 2 aromatic heterocycles. The number of sulfonamides is 1. The van der Waals surface area contributed by atoms with Gasteiger partial charge < -0.3 is 29.8 Å². The summed E-state index contributed by atoms with van der Waals surface area (Å²) in [6.45, 7) is 0.501. The first kappa shape index (κ1) is 34.9. The molecule has 0 bridgehead atoms. The van der Waals surface area contributed by atoms with Crippen molar-refractivity contribution in [1.29, 1.82) is 0 Å². The fourth-order valence-corrected chi connectivity index (χ4v) is 7.03. The minimum absolute atomic E-state index is 0.0438. The number of hydrogen-bond acceptors (Lipinski definition) is 9. The van der Waals surface area contributed by atoms with Gasteiger partial charge >= 0.3 is 6.18 Å². The van der Waals surface area contributed by atoms with Crippen LogP contribution in [0.3, 0.4) is 0 Å². The van der Waals surface area contributed by atoms with Crippen molar-refractivity contribution in [2.24, 2.45) is 5.73 Å². The van der Waals surface area contributed by atoms with Gasteiger partial charge in [-0.05, 0) is 83.0 Å². The SMILES string of the molecule is COc1cc(S(=O)(=O)Nc2cc(C)on2)ccc1NCC#Cc1cc2c(N(C)C3CCC(N)(N(C)C)CC3)cccc2n1CC(F)(F)F. The molecule has 5 rings (SSSR count). The van der Waals surface area contributed by atoms with E-state index in [1.165, 1.54) is 35.9 Å². The number of nitrogens with one attached hydrogen (secondary N) is 2. The van der Waals surface area contributed by atoms with E-state index in [9.17, 15) is 21.6 Å². The molecule has 2 heterocycles. The predicted molar refractivity (Wildman–Crippen MR) is 180 cm³/mol. The third-order valence-electron chi connectivity index (χ3n) is 8.83. The molecular formula is C33H40F3N7O4S. The fourth-order valence-electron chi connectivity index (χ4n) is 6.03. The highest BCUT2D eigenvalue weighted by Gasteiger charge is 2.35. The number of benzene rings is 2. The standard InChI is InChI=1S/C33H40F3N7O4S/c1-22-18-31(39-47-22)40-48(44,45)25-11-12-27(30(20-25)46-5)38-17-7-8-24-19-26-28(9-6-10-29(26)43(24)21-33(34,35)36)42(4)23-13-15-32(37,16-14-23)41(2)3/h6,9-12,18-20,23,38H,13-17,21,37H2,1-5H3,(H,39,40). The highest BCUT2D eigenvalue weighted by atomic mass is 32.2. The number of fused-ring (bicyclic) bond motifs is 1. The fraction of sp³-hybridized carbons (Fsp3) is 0.424. The van der Waals surface area contributed by atoms with E-state index in [0.717, 1.165) is 31.4 Å². The van der Waals surface area contributed by atoms with Crippen molar-refractivity contribution in [2.45, 2.75) is 61.9 Å². The lowest BCUT2D eigenvalue weighted by Crippen LogP contribution is -2.56. The summed E-state index contributed by atoms with van der Waals surface area (Å²) in [5.74, 6) is 6.55. The van der Waals surface area contributed by atoms with Gasteiger partial charge in [0.1, 0.15) is 18.1 Å². The molecule has 4 aromatic rings. The second-order valence-electron chi connectivity index (χ2n) is 12.2. The van der Waals surface area contributed by atoms with E-state index in [4.69, 9.17) is 15.0 Å². The molecule has 0 saturated heterocycles. The van der Waals surface area contributed by atoms with Crippen molar-refractivity contribution in [3.05, 3.63) is 60.0 Å². The van der Waals surface area contributed by atoms with Crippen molar-refractivity contribution in [2.75, 3.05) is 49.7 Å². The Labute approximate surface area is 278 Å². The van der Waals surface area contributed by atoms with E-state index < -0.39 is 22.7 Å². The Hall–Kier alpha value is -4.39. The molecule has 0 atom stereocenters.